The maximum absolute atomic E-state index is 4.16. The minimum atomic E-state index is 0.248. The number of nitrogens with zero attached hydrogens (tertiary/aromatic N) is 1. The van der Waals surface area contributed by atoms with E-state index in [-0.39, 0.29) is 5.41 Å². The highest BCUT2D eigenvalue weighted by Gasteiger charge is 2.16. The molecule has 0 amide bonds. The van der Waals surface area contributed by atoms with E-state index in [1.807, 2.05) is 29.8 Å². The first-order valence-electron chi connectivity index (χ1n) is 6.69. The summed E-state index contributed by atoms with van der Waals surface area (Å²) in [6.07, 6.45) is 3.73. The van der Waals surface area contributed by atoms with Gasteiger partial charge in [-0.2, -0.15) is 0 Å². The van der Waals surface area contributed by atoms with Crippen molar-refractivity contribution >= 4 is 11.3 Å². The summed E-state index contributed by atoms with van der Waals surface area (Å²) in [5.41, 5.74) is 1.48. The highest BCUT2D eigenvalue weighted by atomic mass is 32.1. The number of thiophene rings is 1. The van der Waals surface area contributed by atoms with Crippen LogP contribution in [0.4, 0.5) is 0 Å². The predicted molar refractivity (Wildman–Crippen MR) is 82.5 cm³/mol. The van der Waals surface area contributed by atoms with Crippen molar-refractivity contribution in [2.24, 2.45) is 0 Å². The lowest BCUT2D eigenvalue weighted by Crippen LogP contribution is -2.17. The summed E-state index contributed by atoms with van der Waals surface area (Å²) in [5.74, 6) is 0. The van der Waals surface area contributed by atoms with Gasteiger partial charge >= 0.3 is 0 Å². The Hall–Kier alpha value is -1.19. The quantitative estimate of drug-likeness (QED) is 0.899. The van der Waals surface area contributed by atoms with E-state index in [9.17, 15) is 0 Å². The van der Waals surface area contributed by atoms with Crippen LogP contribution in [0.3, 0.4) is 0 Å². The normalized spacial score (nSPS) is 13.5. The molecule has 2 aromatic heterocycles. The first-order valence-corrected chi connectivity index (χ1v) is 7.51. The van der Waals surface area contributed by atoms with Gasteiger partial charge in [0.25, 0.3) is 0 Å². The van der Waals surface area contributed by atoms with Gasteiger partial charge < -0.3 is 5.32 Å². The highest BCUT2D eigenvalue weighted by molar-refractivity contribution is 7.12. The second kappa shape index (κ2) is 5.85. The van der Waals surface area contributed by atoms with Crippen molar-refractivity contribution in [3.8, 4) is 0 Å². The monoisotopic (exact) mass is 274 g/mol. The number of aromatic nitrogens is 1. The van der Waals surface area contributed by atoms with E-state index in [1.165, 1.54) is 15.3 Å². The molecule has 0 aliphatic rings. The van der Waals surface area contributed by atoms with Gasteiger partial charge in [-0.15, -0.1) is 11.3 Å². The zero-order chi connectivity index (χ0) is 13.9. The van der Waals surface area contributed by atoms with Crippen LogP contribution in [0.1, 0.15) is 49.1 Å². The molecule has 0 saturated carbocycles. The lowest BCUT2D eigenvalue weighted by Gasteiger charge is -2.15. The lowest BCUT2D eigenvalue weighted by atomic mass is 9.95. The predicted octanol–water partition coefficient (Wildman–Crippen LogP) is 4.29. The summed E-state index contributed by atoms with van der Waals surface area (Å²) in [4.78, 5) is 6.99. The summed E-state index contributed by atoms with van der Waals surface area (Å²) in [6.45, 7) is 9.86. The van der Waals surface area contributed by atoms with Crippen molar-refractivity contribution in [2.75, 3.05) is 0 Å². The van der Waals surface area contributed by atoms with Gasteiger partial charge in [0, 0.05) is 34.7 Å². The fourth-order valence-electron chi connectivity index (χ4n) is 1.88. The van der Waals surface area contributed by atoms with Crippen LogP contribution in [0.25, 0.3) is 0 Å². The summed E-state index contributed by atoms with van der Waals surface area (Å²) >= 11 is 1.90. The molecule has 2 rings (SSSR count). The van der Waals surface area contributed by atoms with Crippen molar-refractivity contribution in [1.29, 1.82) is 0 Å². The van der Waals surface area contributed by atoms with Gasteiger partial charge in [-0.25, -0.2) is 0 Å². The smallest absolute Gasteiger partial charge is 0.0315 e. The Labute approximate surface area is 119 Å². The van der Waals surface area contributed by atoms with Crippen molar-refractivity contribution in [1.82, 2.24) is 10.3 Å². The van der Waals surface area contributed by atoms with Crippen LogP contribution in [0.15, 0.2) is 36.7 Å². The van der Waals surface area contributed by atoms with Crippen LogP contribution in [-0.2, 0) is 12.0 Å². The average Bonchev–Trinajstić information content (AvgIpc) is 2.86. The van der Waals surface area contributed by atoms with Gasteiger partial charge in [0.05, 0.1) is 0 Å². The van der Waals surface area contributed by atoms with E-state index in [0.29, 0.717) is 6.04 Å². The second-order valence-corrected chi connectivity index (χ2v) is 7.07. The third kappa shape index (κ3) is 3.88. The SMILES string of the molecule is C[C@@H](NCc1ccc(C(C)(C)C)s1)c1cccnc1. The molecule has 3 heteroatoms. The Morgan fingerprint density at radius 2 is 2.05 bits per heavy atom. The molecule has 0 aromatic carbocycles. The molecule has 1 N–H and O–H groups in total. The molecule has 102 valence electrons. The lowest BCUT2D eigenvalue weighted by molar-refractivity contribution is 0.577. The van der Waals surface area contributed by atoms with Gasteiger partial charge in [0.1, 0.15) is 0 Å². The zero-order valence-electron chi connectivity index (χ0n) is 12.1. The maximum Gasteiger partial charge on any atom is 0.0315 e. The molecule has 0 fully saturated rings. The molecule has 0 saturated heterocycles. The third-order valence-electron chi connectivity index (χ3n) is 3.17. The Morgan fingerprint density at radius 1 is 1.26 bits per heavy atom. The Kier molecular flexibility index (Phi) is 4.38. The van der Waals surface area contributed by atoms with E-state index < -0.39 is 0 Å². The summed E-state index contributed by atoms with van der Waals surface area (Å²) in [7, 11) is 0. The van der Waals surface area contributed by atoms with Gasteiger partial charge in [-0.1, -0.05) is 26.8 Å². The average molecular weight is 274 g/mol. The molecule has 0 bridgehead atoms. The van der Waals surface area contributed by atoms with E-state index >= 15 is 0 Å². The van der Waals surface area contributed by atoms with Crippen LogP contribution in [0.2, 0.25) is 0 Å². The molecular formula is C16H22N2S. The van der Waals surface area contributed by atoms with Gasteiger partial charge in [0.15, 0.2) is 0 Å². The van der Waals surface area contributed by atoms with Gasteiger partial charge in [-0.05, 0) is 36.1 Å². The number of pyridine rings is 1. The molecule has 19 heavy (non-hydrogen) atoms. The zero-order valence-corrected chi connectivity index (χ0v) is 12.9. The second-order valence-electron chi connectivity index (χ2n) is 5.90. The molecule has 0 unspecified atom stereocenters. The van der Waals surface area contributed by atoms with Gasteiger partial charge in [0.2, 0.25) is 0 Å². The summed E-state index contributed by atoms with van der Waals surface area (Å²) in [6, 6.07) is 8.90. The molecule has 1 atom stereocenters. The first-order chi connectivity index (χ1) is 8.97. The minimum absolute atomic E-state index is 0.248. The Morgan fingerprint density at radius 3 is 2.63 bits per heavy atom. The summed E-state index contributed by atoms with van der Waals surface area (Å²) < 4.78 is 0. The fourth-order valence-corrected chi connectivity index (χ4v) is 2.90. The van der Waals surface area contributed by atoms with E-state index in [4.69, 9.17) is 0 Å². The standard InChI is InChI=1S/C16H22N2S/c1-12(13-6-5-9-17-10-13)18-11-14-7-8-15(19-14)16(2,3)4/h5-10,12,18H,11H2,1-4H3/t12-/m1/s1. The molecule has 0 aliphatic heterocycles. The number of hydrogen-bond donors (Lipinski definition) is 1. The number of nitrogens with one attached hydrogen (secondary N) is 1. The highest BCUT2D eigenvalue weighted by Crippen LogP contribution is 2.29. The molecule has 2 heterocycles. The van der Waals surface area contributed by atoms with E-state index in [1.54, 1.807) is 0 Å². The van der Waals surface area contributed by atoms with E-state index in [0.717, 1.165) is 6.54 Å². The van der Waals surface area contributed by atoms with Crippen molar-refractivity contribution in [3.05, 3.63) is 52.0 Å². The first kappa shape index (κ1) is 14.2. The largest absolute Gasteiger partial charge is 0.305 e. The van der Waals surface area contributed by atoms with Crippen LogP contribution in [0.5, 0.6) is 0 Å². The van der Waals surface area contributed by atoms with Crippen LogP contribution >= 0.6 is 11.3 Å². The topological polar surface area (TPSA) is 24.9 Å². The Balaban J connectivity index is 1.94. The molecular weight excluding hydrogens is 252 g/mol. The fraction of sp³-hybridized carbons (Fsp3) is 0.438. The molecule has 0 radical (unpaired) electrons. The van der Waals surface area contributed by atoms with Crippen LogP contribution in [0, 0.1) is 0 Å². The maximum atomic E-state index is 4.16. The molecule has 2 nitrogen and oxygen atoms in total. The van der Waals surface area contributed by atoms with Crippen molar-refractivity contribution in [2.45, 2.75) is 45.7 Å². The Bertz CT molecular complexity index is 511. The van der Waals surface area contributed by atoms with Crippen LogP contribution in [-0.4, -0.2) is 4.98 Å². The summed E-state index contributed by atoms with van der Waals surface area (Å²) in [5, 5.41) is 3.55. The molecule has 2 aromatic rings. The van der Waals surface area contributed by atoms with Crippen molar-refractivity contribution < 1.29 is 0 Å². The van der Waals surface area contributed by atoms with Crippen molar-refractivity contribution in [3.63, 3.8) is 0 Å². The van der Waals surface area contributed by atoms with Crippen LogP contribution < -0.4 is 5.32 Å². The number of rotatable bonds is 4. The molecule has 0 aliphatic carbocycles. The third-order valence-corrected chi connectivity index (χ3v) is 4.68. The van der Waals surface area contributed by atoms with E-state index in [2.05, 4.69) is 56.2 Å². The minimum Gasteiger partial charge on any atom is -0.305 e. The molecule has 0 spiro atoms. The number of hydrogen-bond acceptors (Lipinski definition) is 3. The van der Waals surface area contributed by atoms with Gasteiger partial charge in [-0.3, -0.25) is 4.98 Å².